The molecule has 3 aliphatic rings. The zero-order chi connectivity index (χ0) is 69.6. The summed E-state index contributed by atoms with van der Waals surface area (Å²) in [5.74, 6) is -6.13. The number of unbranched alkanes of at least 4 members (excludes halogenated alkanes) is 38. The first-order chi connectivity index (χ1) is 45.9. The average Bonchev–Trinajstić information content (AvgIpc) is 0.758. The smallest absolute Gasteiger partial charge is 0.364 e. The summed E-state index contributed by atoms with van der Waals surface area (Å²) < 4.78 is 34.8. The molecule has 2 amide bonds. The number of carbonyl (C=O) groups excluding carboxylic acids is 2. The maximum atomic E-state index is 13.5. The van der Waals surface area contributed by atoms with Gasteiger partial charge in [-0.1, -0.05) is 264 Å². The lowest BCUT2D eigenvalue weighted by atomic mass is 9.88. The van der Waals surface area contributed by atoms with E-state index < -0.39 is 155 Å². The zero-order valence-electron chi connectivity index (χ0n) is 58.5. The van der Waals surface area contributed by atoms with Crippen molar-refractivity contribution < 1.29 is 104 Å². The SMILES string of the molecule is CCCCCCCCCCCC/C=C/C(O)C(COC1OC(CO)C(OC2OC(CO)C(O)C(OC3(C(=O)O)CC(O)C(NC(C)=O)C(C(O)C(O)CO)O3)C2O)C(O)C1O)NC(=O)CCCCCCCCCCCCCCCCCCCCCCCCCCCCCCC. The van der Waals surface area contributed by atoms with Crippen LogP contribution in [0.5, 0.6) is 0 Å². The number of amides is 2. The second-order valence-corrected chi connectivity index (χ2v) is 27.5. The number of aliphatic hydroxyl groups excluding tert-OH is 11. The molecule has 3 rings (SSSR count). The second kappa shape index (κ2) is 52.5. The summed E-state index contributed by atoms with van der Waals surface area (Å²) in [6, 6.07) is -2.61. The number of hydrogen-bond donors (Lipinski definition) is 14. The highest BCUT2D eigenvalue weighted by molar-refractivity contribution is 5.77. The third-order valence-corrected chi connectivity index (χ3v) is 19.2. The number of ether oxygens (including phenoxy) is 6. The summed E-state index contributed by atoms with van der Waals surface area (Å²) in [4.78, 5) is 38.6. The molecule has 3 heterocycles. The van der Waals surface area contributed by atoms with E-state index in [0.717, 1.165) is 51.9 Å². The van der Waals surface area contributed by atoms with Crippen LogP contribution >= 0.6 is 0 Å². The van der Waals surface area contributed by atoms with Gasteiger partial charge in [-0.25, -0.2) is 4.79 Å². The molecule has 18 atom stereocenters. The van der Waals surface area contributed by atoms with Crippen LogP contribution in [-0.4, -0.2) is 215 Å². The van der Waals surface area contributed by atoms with E-state index in [4.69, 9.17) is 28.4 Å². The van der Waals surface area contributed by atoms with Gasteiger partial charge in [0.1, 0.15) is 67.1 Å². The Morgan fingerprint density at radius 2 is 0.979 bits per heavy atom. The van der Waals surface area contributed by atoms with Crippen molar-refractivity contribution in [1.82, 2.24) is 10.6 Å². The Bertz CT molecular complexity index is 1960. The van der Waals surface area contributed by atoms with E-state index in [2.05, 4.69) is 24.5 Å². The molecule has 18 unspecified atom stereocenters. The molecule has 95 heavy (non-hydrogen) atoms. The highest BCUT2D eigenvalue weighted by Crippen LogP contribution is 2.39. The largest absolute Gasteiger partial charge is 0.477 e. The average molecular weight is 1360 g/mol. The topological polar surface area (TPSA) is 373 Å². The van der Waals surface area contributed by atoms with Crippen molar-refractivity contribution in [3.8, 4) is 0 Å². The number of carboxylic acids is 1. The number of rotatable bonds is 58. The van der Waals surface area contributed by atoms with Gasteiger partial charge in [-0.05, 0) is 19.3 Å². The second-order valence-electron chi connectivity index (χ2n) is 27.5. The third-order valence-electron chi connectivity index (χ3n) is 19.2. The van der Waals surface area contributed by atoms with Crippen molar-refractivity contribution in [2.45, 2.75) is 400 Å². The monoisotopic (exact) mass is 1360 g/mol. The molecule has 0 aromatic carbocycles. The zero-order valence-corrected chi connectivity index (χ0v) is 58.5. The molecule has 3 fully saturated rings. The van der Waals surface area contributed by atoms with Gasteiger partial charge in [0, 0.05) is 19.8 Å². The van der Waals surface area contributed by atoms with E-state index in [1.165, 1.54) is 199 Å². The normalized spacial score (nSPS) is 27.7. The van der Waals surface area contributed by atoms with Crippen LogP contribution in [0.3, 0.4) is 0 Å². The quantitative estimate of drug-likeness (QED) is 0.0201. The highest BCUT2D eigenvalue weighted by Gasteiger charge is 2.60. The van der Waals surface area contributed by atoms with Crippen molar-refractivity contribution in [2.75, 3.05) is 26.4 Å². The fraction of sp³-hybridized carbons (Fsp3) is 0.931. The summed E-state index contributed by atoms with van der Waals surface area (Å²) in [7, 11) is 0. The van der Waals surface area contributed by atoms with Gasteiger partial charge in [-0.3, -0.25) is 9.59 Å². The minimum absolute atomic E-state index is 0.205. The molecule has 558 valence electrons. The summed E-state index contributed by atoms with van der Waals surface area (Å²) in [5.41, 5.74) is 0. The number of carbonyl (C=O) groups is 3. The van der Waals surface area contributed by atoms with E-state index in [1.54, 1.807) is 6.08 Å². The number of allylic oxidation sites excluding steroid dienone is 1. The van der Waals surface area contributed by atoms with Gasteiger partial charge in [-0.2, -0.15) is 0 Å². The molecule has 14 N–H and O–H groups in total. The maximum Gasteiger partial charge on any atom is 0.364 e. The molecule has 0 aromatic rings. The van der Waals surface area contributed by atoms with Crippen LogP contribution in [0.1, 0.15) is 290 Å². The van der Waals surface area contributed by atoms with Crippen molar-refractivity contribution >= 4 is 17.8 Å². The van der Waals surface area contributed by atoms with Crippen LogP contribution in [0, 0.1) is 0 Å². The van der Waals surface area contributed by atoms with Gasteiger partial charge >= 0.3 is 5.97 Å². The molecular weight excluding hydrogens is 1230 g/mol. The first kappa shape index (κ1) is 86.7. The lowest BCUT2D eigenvalue weighted by Crippen LogP contribution is -2.70. The van der Waals surface area contributed by atoms with Crippen LogP contribution in [0.4, 0.5) is 0 Å². The Morgan fingerprint density at radius 3 is 1.40 bits per heavy atom. The Balaban J connectivity index is 1.49. The van der Waals surface area contributed by atoms with Crippen LogP contribution in [-0.2, 0) is 42.8 Å². The van der Waals surface area contributed by atoms with E-state index in [-0.39, 0.29) is 12.3 Å². The molecule has 0 spiro atoms. The van der Waals surface area contributed by atoms with Crippen LogP contribution < -0.4 is 10.6 Å². The predicted molar refractivity (Wildman–Crippen MR) is 362 cm³/mol. The number of nitrogens with one attached hydrogen (secondary N) is 2. The third kappa shape index (κ3) is 34.1. The molecule has 23 nitrogen and oxygen atoms in total. The summed E-state index contributed by atoms with van der Waals surface area (Å²) in [6.45, 7) is 2.15. The van der Waals surface area contributed by atoms with Crippen molar-refractivity contribution in [2.24, 2.45) is 0 Å². The Morgan fingerprint density at radius 1 is 0.547 bits per heavy atom. The van der Waals surface area contributed by atoms with E-state index >= 15 is 0 Å². The summed E-state index contributed by atoms with van der Waals surface area (Å²) >= 11 is 0. The summed E-state index contributed by atoms with van der Waals surface area (Å²) in [6.07, 6.45) is 24.2. The standard InChI is InChI=1S/C72H134N2O21/c1-4-6-8-10-12-14-16-18-19-20-21-22-23-24-25-26-27-28-29-30-31-32-33-34-36-38-40-42-44-46-59(82)74-53(54(79)45-43-41-39-37-35-17-15-13-11-9-7-5-2)51-90-69-64(86)63(85)66(58(50-77)92-69)93-70-65(87)68(62(84)57(49-76)91-70)95-72(71(88)89)47-55(80)60(73-52(3)78)67(94-72)61(83)56(81)48-75/h43,45,53-58,60-70,75-77,79-81,83-87H,4-42,44,46-51H2,1-3H3,(H,73,78)(H,74,82)(H,88,89)/b45-43+. The van der Waals surface area contributed by atoms with Gasteiger partial charge in [0.2, 0.25) is 11.8 Å². The summed E-state index contributed by atoms with van der Waals surface area (Å²) in [5, 5.41) is 136. The molecule has 3 saturated heterocycles. The predicted octanol–water partition coefficient (Wildman–Crippen LogP) is 8.24. The Kier molecular flexibility index (Phi) is 47.9. The molecule has 0 radical (unpaired) electrons. The van der Waals surface area contributed by atoms with Crippen molar-refractivity contribution in [1.29, 1.82) is 0 Å². The fourth-order valence-electron chi connectivity index (χ4n) is 13.2. The molecule has 0 bridgehead atoms. The first-order valence-electron chi connectivity index (χ1n) is 37.6. The maximum absolute atomic E-state index is 13.5. The molecule has 0 aromatic heterocycles. The molecular formula is C72H134N2O21. The van der Waals surface area contributed by atoms with Crippen molar-refractivity contribution in [3.63, 3.8) is 0 Å². The van der Waals surface area contributed by atoms with E-state index in [0.29, 0.717) is 12.8 Å². The van der Waals surface area contributed by atoms with E-state index in [9.17, 15) is 75.7 Å². The van der Waals surface area contributed by atoms with Crippen LogP contribution in [0.15, 0.2) is 12.2 Å². The van der Waals surface area contributed by atoms with Crippen LogP contribution in [0.25, 0.3) is 0 Å². The minimum Gasteiger partial charge on any atom is -0.477 e. The fourth-order valence-corrected chi connectivity index (χ4v) is 13.2. The molecule has 23 heteroatoms. The van der Waals surface area contributed by atoms with Crippen LogP contribution in [0.2, 0.25) is 0 Å². The number of aliphatic carboxylic acids is 1. The van der Waals surface area contributed by atoms with Gasteiger partial charge in [0.25, 0.3) is 5.79 Å². The lowest BCUT2D eigenvalue weighted by Gasteiger charge is -2.50. The van der Waals surface area contributed by atoms with Gasteiger partial charge in [0.15, 0.2) is 12.6 Å². The van der Waals surface area contributed by atoms with Gasteiger partial charge in [-0.15, -0.1) is 0 Å². The number of carboxylic acid groups (broad SMARTS) is 1. The van der Waals surface area contributed by atoms with E-state index in [1.807, 2.05) is 6.08 Å². The molecule has 0 aliphatic carbocycles. The highest BCUT2D eigenvalue weighted by atomic mass is 16.8. The molecule has 3 aliphatic heterocycles. The number of aliphatic hydroxyl groups is 11. The number of hydrogen-bond acceptors (Lipinski definition) is 20. The Hall–Kier alpha value is -2.53. The van der Waals surface area contributed by atoms with Gasteiger partial charge < -0.3 is 100 Å². The lowest BCUT2D eigenvalue weighted by molar-refractivity contribution is -0.386. The molecule has 0 saturated carbocycles. The minimum atomic E-state index is -3.08. The first-order valence-corrected chi connectivity index (χ1v) is 37.6. The van der Waals surface area contributed by atoms with Crippen molar-refractivity contribution in [3.05, 3.63) is 12.2 Å². The Labute approximate surface area is 569 Å². The van der Waals surface area contributed by atoms with Gasteiger partial charge in [0.05, 0.1) is 50.7 Å².